The van der Waals surface area contributed by atoms with Crippen LogP contribution in [0.25, 0.3) is 10.1 Å². The van der Waals surface area contributed by atoms with E-state index in [1.165, 1.54) is 11.3 Å². The van der Waals surface area contributed by atoms with E-state index in [9.17, 15) is 9.90 Å². The fraction of sp³-hybridized carbons (Fsp3) is 0.357. The van der Waals surface area contributed by atoms with Gasteiger partial charge < -0.3 is 16.2 Å². The van der Waals surface area contributed by atoms with E-state index < -0.39 is 5.60 Å². The van der Waals surface area contributed by atoms with Gasteiger partial charge in [0.1, 0.15) is 0 Å². The second kappa shape index (κ2) is 5.19. The predicted octanol–water partition coefficient (Wildman–Crippen LogP) is 2.37. The van der Waals surface area contributed by atoms with Gasteiger partial charge in [-0.25, -0.2) is 0 Å². The maximum atomic E-state index is 12.0. The predicted molar refractivity (Wildman–Crippen MR) is 79.5 cm³/mol. The van der Waals surface area contributed by atoms with Gasteiger partial charge in [-0.05, 0) is 43.0 Å². The van der Waals surface area contributed by atoms with Crippen LogP contribution in [-0.2, 0) is 0 Å². The van der Waals surface area contributed by atoms with E-state index in [4.69, 9.17) is 5.73 Å². The summed E-state index contributed by atoms with van der Waals surface area (Å²) >= 11 is 1.42. The van der Waals surface area contributed by atoms with Crippen LogP contribution in [0.4, 0.5) is 5.69 Å². The zero-order valence-electron chi connectivity index (χ0n) is 11.1. The Hall–Kier alpha value is -1.59. The number of nitrogens with one attached hydrogen (secondary N) is 1. The van der Waals surface area contributed by atoms with Crippen LogP contribution in [0.1, 0.15) is 29.9 Å². The minimum atomic E-state index is -0.864. The molecular formula is C14H18N2O2S. The number of nitrogen functional groups attached to an aromatic ring is 1. The van der Waals surface area contributed by atoms with Gasteiger partial charge in [-0.1, -0.05) is 6.92 Å². The number of hydrogen-bond acceptors (Lipinski definition) is 4. The normalized spacial score (nSPS) is 14.3. The van der Waals surface area contributed by atoms with Crippen LogP contribution in [0.5, 0.6) is 0 Å². The van der Waals surface area contributed by atoms with Crippen molar-refractivity contribution in [1.29, 1.82) is 0 Å². The van der Waals surface area contributed by atoms with Gasteiger partial charge in [0.15, 0.2) is 0 Å². The Labute approximate surface area is 116 Å². The average molecular weight is 278 g/mol. The third-order valence-corrected chi connectivity index (χ3v) is 4.27. The summed E-state index contributed by atoms with van der Waals surface area (Å²) < 4.78 is 1.03. The SMILES string of the molecule is CCC(C)(O)CNC(=O)c1cc2cc(N)ccc2s1. The molecule has 4 N–H and O–H groups in total. The molecule has 1 unspecified atom stereocenters. The summed E-state index contributed by atoms with van der Waals surface area (Å²) in [5.74, 6) is -0.159. The van der Waals surface area contributed by atoms with Crippen LogP contribution in [0.2, 0.25) is 0 Å². The van der Waals surface area contributed by atoms with Crippen LogP contribution in [-0.4, -0.2) is 23.2 Å². The number of benzene rings is 1. The van der Waals surface area contributed by atoms with E-state index in [2.05, 4.69) is 5.32 Å². The number of fused-ring (bicyclic) bond motifs is 1. The molecule has 1 heterocycles. The van der Waals surface area contributed by atoms with Crippen molar-refractivity contribution < 1.29 is 9.90 Å². The molecule has 0 aliphatic heterocycles. The summed E-state index contributed by atoms with van der Waals surface area (Å²) in [5.41, 5.74) is 5.54. The minimum Gasteiger partial charge on any atom is -0.399 e. The van der Waals surface area contributed by atoms with Crippen molar-refractivity contribution in [2.45, 2.75) is 25.9 Å². The van der Waals surface area contributed by atoms with Crippen molar-refractivity contribution in [2.75, 3.05) is 12.3 Å². The number of rotatable bonds is 4. The number of amides is 1. The molecular weight excluding hydrogens is 260 g/mol. The Bertz CT molecular complexity index is 605. The standard InChI is InChI=1S/C14H18N2O2S/c1-3-14(2,18)8-16-13(17)12-7-9-6-10(15)4-5-11(9)19-12/h4-7,18H,3,8,15H2,1-2H3,(H,16,17). The zero-order valence-corrected chi connectivity index (χ0v) is 11.9. The number of anilines is 1. The maximum absolute atomic E-state index is 12.0. The Morgan fingerprint density at radius 2 is 2.21 bits per heavy atom. The van der Waals surface area contributed by atoms with Crippen LogP contribution in [0, 0.1) is 0 Å². The topological polar surface area (TPSA) is 75.3 Å². The summed E-state index contributed by atoms with van der Waals surface area (Å²) in [6.45, 7) is 3.84. The highest BCUT2D eigenvalue weighted by molar-refractivity contribution is 7.20. The largest absolute Gasteiger partial charge is 0.399 e. The summed E-state index contributed by atoms with van der Waals surface area (Å²) in [5, 5.41) is 13.6. The molecule has 4 nitrogen and oxygen atoms in total. The number of carbonyl (C=O) groups excluding carboxylic acids is 1. The molecule has 0 saturated carbocycles. The first-order valence-electron chi connectivity index (χ1n) is 6.21. The number of hydrogen-bond donors (Lipinski definition) is 3. The second-order valence-electron chi connectivity index (χ2n) is 4.94. The van der Waals surface area contributed by atoms with Crippen LogP contribution in [0.15, 0.2) is 24.3 Å². The van der Waals surface area contributed by atoms with Crippen molar-refractivity contribution in [3.05, 3.63) is 29.1 Å². The monoisotopic (exact) mass is 278 g/mol. The lowest BCUT2D eigenvalue weighted by Gasteiger charge is -2.21. The molecule has 0 bridgehead atoms. The molecule has 2 aromatic rings. The summed E-state index contributed by atoms with van der Waals surface area (Å²) in [6.07, 6.45) is 0.593. The van der Waals surface area contributed by atoms with Gasteiger partial charge in [0.2, 0.25) is 0 Å². The maximum Gasteiger partial charge on any atom is 0.261 e. The van der Waals surface area contributed by atoms with Crippen molar-refractivity contribution in [3.8, 4) is 0 Å². The van der Waals surface area contributed by atoms with Gasteiger partial charge >= 0.3 is 0 Å². The van der Waals surface area contributed by atoms with Crippen LogP contribution < -0.4 is 11.1 Å². The van der Waals surface area contributed by atoms with Gasteiger partial charge in [-0.3, -0.25) is 4.79 Å². The minimum absolute atomic E-state index is 0.159. The third kappa shape index (κ3) is 3.24. The van der Waals surface area contributed by atoms with Gasteiger partial charge in [-0.2, -0.15) is 0 Å². The molecule has 0 aliphatic rings. The Morgan fingerprint density at radius 3 is 2.89 bits per heavy atom. The van der Waals surface area contributed by atoms with Crippen molar-refractivity contribution in [1.82, 2.24) is 5.32 Å². The summed E-state index contributed by atoms with van der Waals surface area (Å²) in [6, 6.07) is 7.41. The number of nitrogens with two attached hydrogens (primary N) is 1. The first kappa shape index (κ1) is 13.8. The summed E-state index contributed by atoms with van der Waals surface area (Å²) in [4.78, 5) is 12.7. The molecule has 0 fully saturated rings. The Kier molecular flexibility index (Phi) is 3.78. The first-order valence-corrected chi connectivity index (χ1v) is 7.02. The molecule has 19 heavy (non-hydrogen) atoms. The highest BCUT2D eigenvalue weighted by Crippen LogP contribution is 2.27. The van der Waals surface area contributed by atoms with Crippen LogP contribution in [0.3, 0.4) is 0 Å². The summed E-state index contributed by atoms with van der Waals surface area (Å²) in [7, 11) is 0. The van der Waals surface area contributed by atoms with Crippen molar-refractivity contribution >= 4 is 33.0 Å². The van der Waals surface area contributed by atoms with Crippen LogP contribution >= 0.6 is 11.3 Å². The fourth-order valence-electron chi connectivity index (χ4n) is 1.66. The van der Waals surface area contributed by atoms with Gasteiger partial charge in [-0.15, -0.1) is 11.3 Å². The number of thiophene rings is 1. The molecule has 1 aromatic carbocycles. The average Bonchev–Trinajstić information content (AvgIpc) is 2.79. The quantitative estimate of drug-likeness (QED) is 0.752. The van der Waals surface area contributed by atoms with E-state index in [1.807, 2.05) is 31.2 Å². The van der Waals surface area contributed by atoms with E-state index in [1.54, 1.807) is 6.92 Å². The van der Waals surface area contributed by atoms with Crippen molar-refractivity contribution in [3.63, 3.8) is 0 Å². The van der Waals surface area contributed by atoms with E-state index in [0.717, 1.165) is 10.1 Å². The molecule has 1 amide bonds. The third-order valence-electron chi connectivity index (χ3n) is 3.16. The first-order chi connectivity index (χ1) is 8.91. The lowest BCUT2D eigenvalue weighted by Crippen LogP contribution is -2.39. The van der Waals surface area contributed by atoms with Gasteiger partial charge in [0.05, 0.1) is 10.5 Å². The Balaban J connectivity index is 2.13. The van der Waals surface area contributed by atoms with Gasteiger partial charge in [0.25, 0.3) is 5.91 Å². The molecule has 1 atom stereocenters. The molecule has 0 saturated heterocycles. The molecule has 5 heteroatoms. The highest BCUT2D eigenvalue weighted by Gasteiger charge is 2.19. The van der Waals surface area contributed by atoms with E-state index >= 15 is 0 Å². The molecule has 102 valence electrons. The molecule has 2 rings (SSSR count). The molecule has 0 radical (unpaired) electrons. The Morgan fingerprint density at radius 1 is 1.47 bits per heavy atom. The molecule has 0 aliphatic carbocycles. The fourth-order valence-corrected chi connectivity index (χ4v) is 2.62. The zero-order chi connectivity index (χ0) is 14.0. The molecule has 1 aromatic heterocycles. The lowest BCUT2D eigenvalue weighted by atomic mass is 10.0. The lowest BCUT2D eigenvalue weighted by molar-refractivity contribution is 0.0519. The smallest absolute Gasteiger partial charge is 0.261 e. The number of carbonyl (C=O) groups is 1. The molecule has 0 spiro atoms. The van der Waals surface area contributed by atoms with Crippen molar-refractivity contribution in [2.24, 2.45) is 0 Å². The van der Waals surface area contributed by atoms with E-state index in [0.29, 0.717) is 17.0 Å². The second-order valence-corrected chi connectivity index (χ2v) is 6.02. The highest BCUT2D eigenvalue weighted by atomic mass is 32.1. The number of aliphatic hydroxyl groups is 1. The van der Waals surface area contributed by atoms with E-state index in [-0.39, 0.29) is 12.5 Å². The van der Waals surface area contributed by atoms with Gasteiger partial charge in [0, 0.05) is 16.9 Å².